The lowest BCUT2D eigenvalue weighted by Gasteiger charge is -2.03. The van der Waals surface area contributed by atoms with Crippen LogP contribution < -0.4 is 0 Å². The highest BCUT2D eigenvalue weighted by atomic mass is 16.4. The summed E-state index contributed by atoms with van der Waals surface area (Å²) in [4.78, 5) is 0. The van der Waals surface area contributed by atoms with Gasteiger partial charge in [-0.3, -0.25) is 0 Å². The molecule has 0 aromatic heterocycles. The molecule has 80 valence electrons. The minimum absolute atomic E-state index is 0.838. The van der Waals surface area contributed by atoms with Crippen LogP contribution in [-0.2, 0) is 0 Å². The molecule has 0 fully saturated rings. The molecule has 0 aromatic carbocycles. The predicted octanol–water partition coefficient (Wildman–Crippen LogP) is 3.90. The monoisotopic (exact) mass is 195 g/mol. The molecule has 0 saturated carbocycles. The Bertz CT molecular complexity index is 196. The molecule has 1 aliphatic carbocycles. The minimum Gasteiger partial charge on any atom is -0.411 e. The second kappa shape index (κ2) is 7.60. The van der Waals surface area contributed by atoms with E-state index in [0.29, 0.717) is 0 Å². The fourth-order valence-electron chi connectivity index (χ4n) is 1.84. The fraction of sp³-hybridized carbons (Fsp3) is 0.750. The zero-order chi connectivity index (χ0) is 10.1. The van der Waals surface area contributed by atoms with E-state index >= 15 is 0 Å². The van der Waals surface area contributed by atoms with E-state index in [-0.39, 0.29) is 0 Å². The highest BCUT2D eigenvalue weighted by Crippen LogP contribution is 2.12. The van der Waals surface area contributed by atoms with Crippen molar-refractivity contribution in [3.63, 3.8) is 0 Å². The summed E-state index contributed by atoms with van der Waals surface area (Å²) in [5.41, 5.74) is 0.838. The van der Waals surface area contributed by atoms with E-state index in [9.17, 15) is 0 Å². The van der Waals surface area contributed by atoms with Gasteiger partial charge in [-0.1, -0.05) is 43.3 Å². The number of hydrogen-bond acceptors (Lipinski definition) is 2. The molecule has 0 aliphatic heterocycles. The van der Waals surface area contributed by atoms with E-state index in [1.807, 2.05) is 6.08 Å². The SMILES string of the molecule is ON=C1/C=C\CCCCCCCCC1. The maximum atomic E-state index is 8.73. The first-order valence-corrected chi connectivity index (χ1v) is 5.81. The van der Waals surface area contributed by atoms with Crippen LogP contribution in [0, 0.1) is 0 Å². The molecule has 2 nitrogen and oxygen atoms in total. The van der Waals surface area contributed by atoms with Gasteiger partial charge in [-0.2, -0.15) is 0 Å². The third-order valence-corrected chi connectivity index (χ3v) is 2.74. The van der Waals surface area contributed by atoms with E-state index in [4.69, 9.17) is 5.21 Å². The molecular weight excluding hydrogens is 174 g/mol. The van der Waals surface area contributed by atoms with Crippen LogP contribution in [0.4, 0.5) is 0 Å². The van der Waals surface area contributed by atoms with E-state index in [1.165, 1.54) is 38.5 Å². The first-order chi connectivity index (χ1) is 6.93. The number of oxime groups is 1. The molecule has 1 N–H and O–H groups in total. The number of hydrogen-bond donors (Lipinski definition) is 1. The largest absolute Gasteiger partial charge is 0.411 e. The molecule has 0 spiro atoms. The predicted molar refractivity (Wildman–Crippen MR) is 59.9 cm³/mol. The molecule has 0 amide bonds. The van der Waals surface area contributed by atoms with Crippen molar-refractivity contribution in [1.29, 1.82) is 0 Å². The molecule has 1 aliphatic rings. The van der Waals surface area contributed by atoms with Crippen LogP contribution in [0.15, 0.2) is 17.3 Å². The third kappa shape index (κ3) is 5.05. The summed E-state index contributed by atoms with van der Waals surface area (Å²) in [6.45, 7) is 0. The summed E-state index contributed by atoms with van der Waals surface area (Å²) in [5.74, 6) is 0. The van der Waals surface area contributed by atoms with Crippen LogP contribution in [0.3, 0.4) is 0 Å². The standard InChI is InChI=1S/C12H21NO/c14-13-12-10-8-6-4-2-1-3-5-7-9-11-12/h8,10,14H,1-7,9,11H2/b10-8-,13-12?. The number of allylic oxidation sites excluding steroid dienone is 2. The molecule has 0 aromatic rings. The van der Waals surface area contributed by atoms with Crippen LogP contribution in [0.1, 0.15) is 57.8 Å². The van der Waals surface area contributed by atoms with Crippen LogP contribution in [0.2, 0.25) is 0 Å². The lowest BCUT2D eigenvalue weighted by Crippen LogP contribution is -1.94. The average molecular weight is 195 g/mol. The summed E-state index contributed by atoms with van der Waals surface area (Å²) < 4.78 is 0. The van der Waals surface area contributed by atoms with Crippen LogP contribution >= 0.6 is 0 Å². The van der Waals surface area contributed by atoms with Crippen LogP contribution in [0.25, 0.3) is 0 Å². The lowest BCUT2D eigenvalue weighted by molar-refractivity contribution is 0.318. The van der Waals surface area contributed by atoms with Crippen LogP contribution in [-0.4, -0.2) is 10.9 Å². The molecule has 1 rings (SSSR count). The first-order valence-electron chi connectivity index (χ1n) is 5.81. The molecule has 0 unspecified atom stereocenters. The van der Waals surface area contributed by atoms with Gasteiger partial charge in [-0.05, 0) is 31.8 Å². The van der Waals surface area contributed by atoms with Gasteiger partial charge in [0.2, 0.25) is 0 Å². The van der Waals surface area contributed by atoms with Crippen molar-refractivity contribution in [3.8, 4) is 0 Å². The van der Waals surface area contributed by atoms with Gasteiger partial charge in [0.05, 0.1) is 5.71 Å². The van der Waals surface area contributed by atoms with Crippen molar-refractivity contribution in [2.24, 2.45) is 5.16 Å². The third-order valence-electron chi connectivity index (χ3n) is 2.74. The molecule has 0 heterocycles. The summed E-state index contributed by atoms with van der Waals surface area (Å²) in [7, 11) is 0. The van der Waals surface area contributed by atoms with Crippen molar-refractivity contribution in [2.75, 3.05) is 0 Å². The Labute approximate surface area is 86.7 Å². The summed E-state index contributed by atoms with van der Waals surface area (Å²) in [6.07, 6.45) is 15.3. The Hall–Kier alpha value is -0.790. The molecule has 0 atom stereocenters. The first kappa shape index (κ1) is 11.3. The fourth-order valence-corrected chi connectivity index (χ4v) is 1.84. The normalized spacial score (nSPS) is 26.4. The molecule has 0 radical (unpaired) electrons. The quantitative estimate of drug-likeness (QED) is 0.461. The Morgan fingerprint density at radius 1 is 0.929 bits per heavy atom. The zero-order valence-corrected chi connectivity index (χ0v) is 8.91. The Morgan fingerprint density at radius 2 is 1.57 bits per heavy atom. The average Bonchev–Trinajstić information content (AvgIpc) is 2.19. The van der Waals surface area contributed by atoms with Gasteiger partial charge in [0.15, 0.2) is 0 Å². The number of nitrogens with zero attached hydrogens (tertiary/aromatic N) is 1. The maximum Gasteiger partial charge on any atom is 0.0792 e. The van der Waals surface area contributed by atoms with Gasteiger partial charge in [0, 0.05) is 0 Å². The summed E-state index contributed by atoms with van der Waals surface area (Å²) in [6, 6.07) is 0. The van der Waals surface area contributed by atoms with E-state index in [2.05, 4.69) is 11.2 Å². The van der Waals surface area contributed by atoms with Crippen molar-refractivity contribution < 1.29 is 5.21 Å². The Morgan fingerprint density at radius 3 is 2.29 bits per heavy atom. The Kier molecular flexibility index (Phi) is 6.13. The molecular formula is C12H21NO. The van der Waals surface area contributed by atoms with Crippen molar-refractivity contribution in [3.05, 3.63) is 12.2 Å². The maximum absolute atomic E-state index is 8.73. The van der Waals surface area contributed by atoms with Gasteiger partial charge >= 0.3 is 0 Å². The van der Waals surface area contributed by atoms with Crippen LogP contribution in [0.5, 0.6) is 0 Å². The summed E-state index contributed by atoms with van der Waals surface area (Å²) in [5, 5.41) is 12.0. The Balaban J connectivity index is 2.36. The van der Waals surface area contributed by atoms with Crippen molar-refractivity contribution in [2.45, 2.75) is 57.8 Å². The zero-order valence-electron chi connectivity index (χ0n) is 8.91. The lowest BCUT2D eigenvalue weighted by atomic mass is 10.0. The van der Waals surface area contributed by atoms with Gasteiger partial charge in [-0.25, -0.2) is 0 Å². The van der Waals surface area contributed by atoms with Gasteiger partial charge in [0.25, 0.3) is 0 Å². The molecule has 2 heteroatoms. The highest BCUT2D eigenvalue weighted by Gasteiger charge is 1.98. The van der Waals surface area contributed by atoms with Gasteiger partial charge < -0.3 is 5.21 Å². The molecule has 14 heavy (non-hydrogen) atoms. The molecule has 0 bridgehead atoms. The van der Waals surface area contributed by atoms with Gasteiger partial charge in [-0.15, -0.1) is 0 Å². The van der Waals surface area contributed by atoms with E-state index in [1.54, 1.807) is 0 Å². The van der Waals surface area contributed by atoms with Gasteiger partial charge in [0.1, 0.15) is 0 Å². The summed E-state index contributed by atoms with van der Waals surface area (Å²) >= 11 is 0. The topological polar surface area (TPSA) is 32.6 Å². The van der Waals surface area contributed by atoms with Crippen molar-refractivity contribution in [1.82, 2.24) is 0 Å². The van der Waals surface area contributed by atoms with E-state index in [0.717, 1.165) is 25.0 Å². The highest BCUT2D eigenvalue weighted by molar-refractivity contribution is 5.94. The smallest absolute Gasteiger partial charge is 0.0792 e. The second-order valence-corrected chi connectivity index (χ2v) is 4.01. The second-order valence-electron chi connectivity index (χ2n) is 4.01. The van der Waals surface area contributed by atoms with Crippen molar-refractivity contribution >= 4 is 5.71 Å². The minimum atomic E-state index is 0.838. The number of rotatable bonds is 0. The van der Waals surface area contributed by atoms with E-state index < -0.39 is 0 Å². The molecule has 0 saturated heterocycles.